The first-order valence-electron chi connectivity index (χ1n) is 7.47. The number of hydrogen-bond donors (Lipinski definition) is 1. The van der Waals surface area contributed by atoms with E-state index in [9.17, 15) is 23.1 Å². The molecule has 0 aliphatic carbocycles. The molecule has 1 fully saturated rings. The molecule has 4 nitrogen and oxygen atoms in total. The quantitative estimate of drug-likeness (QED) is 0.910. The summed E-state index contributed by atoms with van der Waals surface area (Å²) < 4.78 is 43.2. The Kier molecular flexibility index (Phi) is 4.13. The van der Waals surface area contributed by atoms with Gasteiger partial charge in [-0.1, -0.05) is 12.1 Å². The van der Waals surface area contributed by atoms with E-state index in [0.29, 0.717) is 16.9 Å². The molecule has 1 aliphatic heterocycles. The summed E-state index contributed by atoms with van der Waals surface area (Å²) >= 11 is 0. The Balaban J connectivity index is 1.88. The van der Waals surface area contributed by atoms with Crippen molar-refractivity contribution in [3.05, 3.63) is 59.0 Å². The number of carbonyl (C=O) groups is 1. The largest absolute Gasteiger partial charge is 0.469 e. The highest BCUT2D eigenvalue weighted by molar-refractivity contribution is 5.95. The van der Waals surface area contributed by atoms with Crippen molar-refractivity contribution in [1.29, 1.82) is 0 Å². The molecule has 0 bridgehead atoms. The number of likely N-dealkylation sites (tertiary alicyclic amines) is 1. The van der Waals surface area contributed by atoms with Crippen molar-refractivity contribution < 1.29 is 27.5 Å². The number of hydrogen-bond acceptors (Lipinski definition) is 3. The van der Waals surface area contributed by atoms with Crippen LogP contribution >= 0.6 is 0 Å². The van der Waals surface area contributed by atoms with E-state index in [4.69, 9.17) is 4.42 Å². The Morgan fingerprint density at radius 2 is 1.92 bits per heavy atom. The first-order chi connectivity index (χ1) is 11.3. The maximum absolute atomic E-state index is 12.7. The summed E-state index contributed by atoms with van der Waals surface area (Å²) in [6.07, 6.45) is -3.43. The highest BCUT2D eigenvalue weighted by Gasteiger charge is 2.37. The number of nitrogens with zero attached hydrogens (tertiary/aromatic N) is 1. The Labute approximate surface area is 136 Å². The number of halogens is 3. The van der Waals surface area contributed by atoms with Crippen LogP contribution in [-0.2, 0) is 6.18 Å². The Morgan fingerprint density at radius 3 is 2.46 bits per heavy atom. The monoisotopic (exact) mass is 339 g/mol. The number of aryl methyl sites for hydroxylation is 1. The summed E-state index contributed by atoms with van der Waals surface area (Å²) in [4.78, 5) is 14.1. The van der Waals surface area contributed by atoms with Gasteiger partial charge in [0.05, 0.1) is 29.5 Å². The van der Waals surface area contributed by atoms with Gasteiger partial charge in [0.25, 0.3) is 5.91 Å². The Morgan fingerprint density at radius 1 is 1.25 bits per heavy atom. The van der Waals surface area contributed by atoms with Crippen molar-refractivity contribution in [2.45, 2.75) is 31.7 Å². The minimum Gasteiger partial charge on any atom is -0.469 e. The number of rotatable bonds is 2. The fourth-order valence-electron chi connectivity index (χ4n) is 3.01. The minimum atomic E-state index is -4.41. The number of β-amino-alcohol motifs (C(OH)–C–C–N with tert-alkyl or cyclic N) is 1. The normalized spacial score (nSPS) is 21.3. The lowest BCUT2D eigenvalue weighted by Crippen LogP contribution is -2.32. The fraction of sp³-hybridized carbons (Fsp3) is 0.353. The van der Waals surface area contributed by atoms with Gasteiger partial charge in [0, 0.05) is 6.54 Å². The van der Waals surface area contributed by atoms with E-state index >= 15 is 0 Å². The van der Waals surface area contributed by atoms with Crippen molar-refractivity contribution in [2.24, 2.45) is 0 Å². The zero-order chi connectivity index (χ0) is 17.5. The topological polar surface area (TPSA) is 53.7 Å². The molecule has 128 valence electrons. The van der Waals surface area contributed by atoms with Crippen LogP contribution < -0.4 is 0 Å². The van der Waals surface area contributed by atoms with E-state index in [-0.39, 0.29) is 18.9 Å². The first-order valence-corrected chi connectivity index (χ1v) is 7.47. The van der Waals surface area contributed by atoms with Crippen molar-refractivity contribution in [3.8, 4) is 0 Å². The molecule has 7 heteroatoms. The minimum absolute atomic E-state index is 0.134. The van der Waals surface area contributed by atoms with Crippen LogP contribution in [0.3, 0.4) is 0 Å². The van der Waals surface area contributed by atoms with E-state index in [1.807, 2.05) is 0 Å². The number of carbonyl (C=O) groups excluding carboxylic acids is 1. The summed E-state index contributed by atoms with van der Waals surface area (Å²) in [6, 6.07) is 5.77. The highest BCUT2D eigenvalue weighted by Crippen LogP contribution is 2.36. The molecule has 1 amide bonds. The van der Waals surface area contributed by atoms with Gasteiger partial charge in [-0.15, -0.1) is 0 Å². The second kappa shape index (κ2) is 5.98. The van der Waals surface area contributed by atoms with E-state index < -0.39 is 23.9 Å². The lowest BCUT2D eigenvalue weighted by atomic mass is 10.0. The van der Waals surface area contributed by atoms with E-state index in [2.05, 4.69) is 0 Å². The predicted octanol–water partition coefficient (Wildman–Crippen LogP) is 3.55. The van der Waals surface area contributed by atoms with Crippen LogP contribution in [0, 0.1) is 6.92 Å². The molecule has 3 rings (SSSR count). The summed E-state index contributed by atoms with van der Waals surface area (Å²) in [5.74, 6) is 0.162. The average molecular weight is 339 g/mol. The molecule has 1 N–H and O–H groups in total. The SMILES string of the molecule is Cc1occc1C(=O)N1CC(O)CC1c1ccc(C(F)(F)F)cc1. The Bertz CT molecular complexity index is 736. The number of aliphatic hydroxyl groups excluding tert-OH is 1. The molecule has 2 unspecified atom stereocenters. The second-order valence-corrected chi connectivity index (χ2v) is 5.87. The van der Waals surface area contributed by atoms with Crippen molar-refractivity contribution >= 4 is 5.91 Å². The van der Waals surface area contributed by atoms with Gasteiger partial charge in [0.2, 0.25) is 0 Å². The molecule has 2 aromatic rings. The number of furan rings is 1. The first kappa shape index (κ1) is 16.6. The zero-order valence-electron chi connectivity index (χ0n) is 12.9. The molecule has 1 aromatic carbocycles. The molecule has 1 saturated heterocycles. The van der Waals surface area contributed by atoms with Gasteiger partial charge in [-0.25, -0.2) is 0 Å². The second-order valence-electron chi connectivity index (χ2n) is 5.87. The average Bonchev–Trinajstić information content (AvgIpc) is 3.12. The van der Waals surface area contributed by atoms with Crippen LogP contribution in [0.15, 0.2) is 41.0 Å². The molecular formula is C17H16F3NO3. The third-order valence-electron chi connectivity index (χ3n) is 4.25. The summed E-state index contributed by atoms with van der Waals surface area (Å²) in [5.41, 5.74) is 0.211. The number of aliphatic hydroxyl groups is 1. The number of alkyl halides is 3. The Hall–Kier alpha value is -2.28. The third kappa shape index (κ3) is 3.03. The van der Waals surface area contributed by atoms with E-state index in [1.165, 1.54) is 23.3 Å². The summed E-state index contributed by atoms with van der Waals surface area (Å²) in [7, 11) is 0. The van der Waals surface area contributed by atoms with Gasteiger partial charge >= 0.3 is 6.18 Å². The predicted molar refractivity (Wildman–Crippen MR) is 79.3 cm³/mol. The smallest absolute Gasteiger partial charge is 0.416 e. The zero-order valence-corrected chi connectivity index (χ0v) is 12.9. The van der Waals surface area contributed by atoms with Crippen LogP contribution in [0.5, 0.6) is 0 Å². The van der Waals surface area contributed by atoms with Crippen molar-refractivity contribution in [1.82, 2.24) is 4.90 Å². The van der Waals surface area contributed by atoms with Crippen LogP contribution in [0.4, 0.5) is 13.2 Å². The van der Waals surface area contributed by atoms with E-state index in [1.54, 1.807) is 13.0 Å². The molecule has 0 radical (unpaired) electrons. The van der Waals surface area contributed by atoms with E-state index in [0.717, 1.165) is 12.1 Å². The standard InChI is InChI=1S/C17H16F3NO3/c1-10-14(6-7-24-10)16(23)21-9-13(22)8-15(21)11-2-4-12(5-3-11)17(18,19)20/h2-7,13,15,22H,8-9H2,1H3. The molecule has 2 heterocycles. The van der Waals surface area contributed by atoms with Crippen LogP contribution in [0.2, 0.25) is 0 Å². The summed E-state index contributed by atoms with van der Waals surface area (Å²) in [5, 5.41) is 9.93. The fourth-order valence-corrected chi connectivity index (χ4v) is 3.01. The molecule has 2 atom stereocenters. The van der Waals surface area contributed by atoms with Gasteiger partial charge in [0.1, 0.15) is 5.76 Å². The van der Waals surface area contributed by atoms with Gasteiger partial charge in [-0.2, -0.15) is 13.2 Å². The van der Waals surface area contributed by atoms with Crippen LogP contribution in [0.1, 0.15) is 39.7 Å². The molecule has 0 saturated carbocycles. The lowest BCUT2D eigenvalue weighted by molar-refractivity contribution is -0.137. The van der Waals surface area contributed by atoms with Gasteiger partial charge in [0.15, 0.2) is 0 Å². The number of amides is 1. The maximum Gasteiger partial charge on any atom is 0.416 e. The molecular weight excluding hydrogens is 323 g/mol. The van der Waals surface area contributed by atoms with Crippen LogP contribution in [0.25, 0.3) is 0 Å². The molecule has 1 aliphatic rings. The van der Waals surface area contributed by atoms with Crippen LogP contribution in [-0.4, -0.2) is 28.6 Å². The van der Waals surface area contributed by atoms with Gasteiger partial charge in [-0.05, 0) is 37.1 Å². The third-order valence-corrected chi connectivity index (χ3v) is 4.25. The maximum atomic E-state index is 12.7. The number of benzene rings is 1. The van der Waals surface area contributed by atoms with Gasteiger partial charge < -0.3 is 14.4 Å². The molecule has 1 aromatic heterocycles. The van der Waals surface area contributed by atoms with Crippen molar-refractivity contribution in [2.75, 3.05) is 6.54 Å². The highest BCUT2D eigenvalue weighted by atomic mass is 19.4. The molecule has 24 heavy (non-hydrogen) atoms. The summed E-state index contributed by atoms with van der Waals surface area (Å²) in [6.45, 7) is 1.79. The van der Waals surface area contributed by atoms with Crippen molar-refractivity contribution in [3.63, 3.8) is 0 Å². The van der Waals surface area contributed by atoms with Gasteiger partial charge in [-0.3, -0.25) is 4.79 Å². The lowest BCUT2D eigenvalue weighted by Gasteiger charge is -2.25. The molecule has 0 spiro atoms.